The van der Waals surface area contributed by atoms with Crippen LogP contribution in [0, 0.1) is 6.92 Å². The summed E-state index contributed by atoms with van der Waals surface area (Å²) in [5.74, 6) is 0.873. The van der Waals surface area contributed by atoms with Gasteiger partial charge in [0, 0.05) is 12.2 Å². The van der Waals surface area contributed by atoms with Gasteiger partial charge in [0.2, 0.25) is 0 Å². The fraction of sp³-hybridized carbons (Fsp3) is 0.267. The van der Waals surface area contributed by atoms with Gasteiger partial charge in [0.1, 0.15) is 12.4 Å². The van der Waals surface area contributed by atoms with E-state index in [9.17, 15) is 0 Å². The largest absolute Gasteiger partial charge is 0.487 e. The molecule has 0 fully saturated rings. The zero-order chi connectivity index (χ0) is 12.8. The van der Waals surface area contributed by atoms with Crippen molar-refractivity contribution in [3.8, 4) is 5.75 Å². The number of benzene rings is 1. The lowest BCUT2D eigenvalue weighted by Crippen LogP contribution is -2.04. The Kier molecular flexibility index (Phi) is 4.31. The summed E-state index contributed by atoms with van der Waals surface area (Å²) in [7, 11) is 1.94. The molecule has 2 aromatic rings. The topological polar surface area (TPSA) is 34.1 Å². The third-order valence-corrected chi connectivity index (χ3v) is 2.64. The van der Waals surface area contributed by atoms with E-state index in [1.54, 1.807) is 0 Å². The van der Waals surface area contributed by atoms with Crippen LogP contribution in [0.2, 0.25) is 0 Å². The Morgan fingerprint density at radius 1 is 1.11 bits per heavy atom. The number of nitrogens with one attached hydrogen (secondary N) is 1. The maximum atomic E-state index is 5.70. The first-order valence-corrected chi connectivity index (χ1v) is 6.07. The summed E-state index contributed by atoms with van der Waals surface area (Å²) >= 11 is 0. The van der Waals surface area contributed by atoms with Gasteiger partial charge in [-0.15, -0.1) is 0 Å². The number of nitrogens with zero attached hydrogens (tertiary/aromatic N) is 1. The van der Waals surface area contributed by atoms with Crippen molar-refractivity contribution < 1.29 is 4.74 Å². The second-order valence-corrected chi connectivity index (χ2v) is 4.23. The van der Waals surface area contributed by atoms with Gasteiger partial charge in [-0.3, -0.25) is 4.98 Å². The van der Waals surface area contributed by atoms with Crippen molar-refractivity contribution in [3.63, 3.8) is 0 Å². The number of aryl methyl sites for hydroxylation is 1. The number of aromatic nitrogens is 1. The molecular weight excluding hydrogens is 224 g/mol. The third-order valence-electron chi connectivity index (χ3n) is 2.64. The van der Waals surface area contributed by atoms with Crippen LogP contribution in [0.1, 0.15) is 17.0 Å². The normalized spacial score (nSPS) is 10.3. The molecule has 2 rings (SSSR count). The summed E-state index contributed by atoms with van der Waals surface area (Å²) in [6, 6.07) is 14.1. The number of hydrogen-bond acceptors (Lipinski definition) is 3. The monoisotopic (exact) mass is 242 g/mol. The van der Waals surface area contributed by atoms with Crippen molar-refractivity contribution in [2.75, 3.05) is 7.05 Å². The number of hydrogen-bond donors (Lipinski definition) is 1. The molecule has 3 nitrogen and oxygen atoms in total. The zero-order valence-corrected chi connectivity index (χ0v) is 10.8. The first-order chi connectivity index (χ1) is 8.78. The van der Waals surface area contributed by atoms with Crippen LogP contribution >= 0.6 is 0 Å². The lowest BCUT2D eigenvalue weighted by Gasteiger charge is -2.07. The van der Waals surface area contributed by atoms with E-state index in [-0.39, 0.29) is 0 Å². The van der Waals surface area contributed by atoms with Crippen LogP contribution in [-0.4, -0.2) is 12.0 Å². The van der Waals surface area contributed by atoms with Crippen LogP contribution in [0.15, 0.2) is 42.5 Å². The highest BCUT2D eigenvalue weighted by atomic mass is 16.5. The van der Waals surface area contributed by atoms with E-state index in [0.717, 1.165) is 23.7 Å². The minimum Gasteiger partial charge on any atom is -0.487 e. The van der Waals surface area contributed by atoms with Crippen molar-refractivity contribution in [1.29, 1.82) is 0 Å². The van der Waals surface area contributed by atoms with Gasteiger partial charge < -0.3 is 10.1 Å². The summed E-state index contributed by atoms with van der Waals surface area (Å²) in [5, 5.41) is 3.12. The Labute approximate surface area is 108 Å². The molecule has 1 heterocycles. The highest BCUT2D eigenvalue weighted by molar-refractivity contribution is 5.27. The molecule has 1 aromatic carbocycles. The first kappa shape index (κ1) is 12.6. The Morgan fingerprint density at radius 3 is 2.56 bits per heavy atom. The average molecular weight is 242 g/mol. The van der Waals surface area contributed by atoms with Crippen molar-refractivity contribution in [2.24, 2.45) is 0 Å². The van der Waals surface area contributed by atoms with E-state index >= 15 is 0 Å². The predicted octanol–water partition coefficient (Wildman–Crippen LogP) is 2.69. The van der Waals surface area contributed by atoms with E-state index < -0.39 is 0 Å². The van der Waals surface area contributed by atoms with E-state index in [0.29, 0.717) is 6.61 Å². The first-order valence-electron chi connectivity index (χ1n) is 6.07. The average Bonchev–Trinajstić information content (AvgIpc) is 2.38. The molecule has 0 unspecified atom stereocenters. The summed E-state index contributed by atoms with van der Waals surface area (Å²) in [4.78, 5) is 4.40. The molecule has 1 aromatic heterocycles. The molecule has 1 N–H and O–H groups in total. The fourth-order valence-corrected chi connectivity index (χ4v) is 1.74. The van der Waals surface area contributed by atoms with E-state index in [4.69, 9.17) is 4.74 Å². The van der Waals surface area contributed by atoms with Crippen LogP contribution < -0.4 is 10.1 Å². The molecule has 0 amide bonds. The summed E-state index contributed by atoms with van der Waals surface area (Å²) in [6.45, 7) is 3.36. The maximum Gasteiger partial charge on any atom is 0.130 e. The van der Waals surface area contributed by atoms with Crippen LogP contribution in [0.25, 0.3) is 0 Å². The molecular formula is C15H18N2O. The van der Waals surface area contributed by atoms with Crippen molar-refractivity contribution in [3.05, 3.63) is 59.4 Å². The standard InChI is InChI=1S/C15H18N2O/c1-12-4-3-5-14(17-12)11-18-15-8-6-13(7-9-15)10-16-2/h3-9,16H,10-11H2,1-2H3. The summed E-state index contributed by atoms with van der Waals surface area (Å²) < 4.78 is 5.70. The third kappa shape index (κ3) is 3.57. The zero-order valence-electron chi connectivity index (χ0n) is 10.8. The van der Waals surface area contributed by atoms with Gasteiger partial charge in [0.05, 0.1) is 5.69 Å². The Hall–Kier alpha value is -1.87. The second-order valence-electron chi connectivity index (χ2n) is 4.23. The van der Waals surface area contributed by atoms with E-state index in [1.807, 2.05) is 44.3 Å². The van der Waals surface area contributed by atoms with Crippen LogP contribution in [0.3, 0.4) is 0 Å². The number of pyridine rings is 1. The maximum absolute atomic E-state index is 5.70. The molecule has 0 aliphatic heterocycles. The smallest absolute Gasteiger partial charge is 0.130 e. The van der Waals surface area contributed by atoms with Crippen LogP contribution in [-0.2, 0) is 13.2 Å². The summed E-state index contributed by atoms with van der Waals surface area (Å²) in [6.07, 6.45) is 0. The minimum absolute atomic E-state index is 0.507. The van der Waals surface area contributed by atoms with Gasteiger partial charge in [0.15, 0.2) is 0 Å². The molecule has 0 aliphatic carbocycles. The highest BCUT2D eigenvalue weighted by Gasteiger charge is 1.98. The molecule has 0 bridgehead atoms. The molecule has 0 atom stereocenters. The molecule has 0 radical (unpaired) electrons. The minimum atomic E-state index is 0.507. The number of rotatable bonds is 5. The van der Waals surface area contributed by atoms with E-state index in [2.05, 4.69) is 22.4 Å². The molecule has 3 heteroatoms. The quantitative estimate of drug-likeness (QED) is 0.875. The lowest BCUT2D eigenvalue weighted by atomic mass is 10.2. The highest BCUT2D eigenvalue weighted by Crippen LogP contribution is 2.13. The molecule has 18 heavy (non-hydrogen) atoms. The summed E-state index contributed by atoms with van der Waals surface area (Å²) in [5.41, 5.74) is 3.22. The fourth-order valence-electron chi connectivity index (χ4n) is 1.74. The SMILES string of the molecule is CNCc1ccc(OCc2cccc(C)n2)cc1. The van der Waals surface area contributed by atoms with Gasteiger partial charge in [0.25, 0.3) is 0 Å². The lowest BCUT2D eigenvalue weighted by molar-refractivity contribution is 0.301. The number of ether oxygens (including phenoxy) is 1. The molecule has 0 saturated carbocycles. The van der Waals surface area contributed by atoms with Gasteiger partial charge in [-0.1, -0.05) is 18.2 Å². The molecule has 0 aliphatic rings. The Balaban J connectivity index is 1.93. The Morgan fingerprint density at radius 2 is 1.89 bits per heavy atom. The predicted molar refractivity (Wildman–Crippen MR) is 72.5 cm³/mol. The molecule has 0 spiro atoms. The van der Waals surface area contributed by atoms with Crippen molar-refractivity contribution in [1.82, 2.24) is 10.3 Å². The van der Waals surface area contributed by atoms with Crippen LogP contribution in [0.4, 0.5) is 0 Å². The Bertz CT molecular complexity index is 494. The van der Waals surface area contributed by atoms with Gasteiger partial charge in [-0.05, 0) is 43.8 Å². The molecule has 0 saturated heterocycles. The van der Waals surface area contributed by atoms with Crippen molar-refractivity contribution in [2.45, 2.75) is 20.1 Å². The van der Waals surface area contributed by atoms with Gasteiger partial charge in [-0.2, -0.15) is 0 Å². The van der Waals surface area contributed by atoms with Gasteiger partial charge in [-0.25, -0.2) is 0 Å². The molecule has 94 valence electrons. The van der Waals surface area contributed by atoms with E-state index in [1.165, 1.54) is 5.56 Å². The second kappa shape index (κ2) is 6.17. The van der Waals surface area contributed by atoms with Crippen LogP contribution in [0.5, 0.6) is 5.75 Å². The van der Waals surface area contributed by atoms with Crippen molar-refractivity contribution >= 4 is 0 Å². The van der Waals surface area contributed by atoms with Gasteiger partial charge >= 0.3 is 0 Å².